The zero-order valence-electron chi connectivity index (χ0n) is 12.9. The van der Waals surface area contributed by atoms with Gasteiger partial charge >= 0.3 is 6.09 Å². The van der Waals surface area contributed by atoms with Crippen molar-refractivity contribution in [1.29, 1.82) is 0 Å². The molecular weight excluding hydrogens is 300 g/mol. The van der Waals surface area contributed by atoms with Gasteiger partial charge in [0.2, 0.25) is 0 Å². The van der Waals surface area contributed by atoms with Crippen molar-refractivity contribution in [3.63, 3.8) is 0 Å². The molecule has 0 aliphatic carbocycles. The van der Waals surface area contributed by atoms with E-state index in [4.69, 9.17) is 4.52 Å². The lowest BCUT2D eigenvalue weighted by Crippen LogP contribution is -2.11. The van der Waals surface area contributed by atoms with Crippen LogP contribution in [0.2, 0.25) is 0 Å². The molecule has 1 amide bonds. The molecule has 0 radical (unpaired) electrons. The molecular formula is C15H16N4O4. The van der Waals surface area contributed by atoms with Crippen LogP contribution >= 0.6 is 0 Å². The Bertz CT molecular complexity index is 866. The molecule has 8 nitrogen and oxygen atoms in total. The van der Waals surface area contributed by atoms with Crippen LogP contribution in [0.1, 0.15) is 24.4 Å². The number of rotatable bonds is 3. The number of carbonyl (C=O) groups excluding carboxylic acids is 1. The number of anilines is 1. The predicted molar refractivity (Wildman–Crippen MR) is 83.0 cm³/mol. The fourth-order valence-corrected chi connectivity index (χ4v) is 2.45. The van der Waals surface area contributed by atoms with Gasteiger partial charge in [-0.2, -0.15) is 5.10 Å². The highest BCUT2D eigenvalue weighted by atomic mass is 16.5. The number of benzene rings is 1. The van der Waals surface area contributed by atoms with Crippen molar-refractivity contribution in [2.45, 2.75) is 20.0 Å². The maximum Gasteiger partial charge on any atom is 0.412 e. The number of ether oxygens (including phenoxy) is 1. The largest absolute Gasteiger partial charge is 0.453 e. The van der Waals surface area contributed by atoms with Crippen LogP contribution in [0.25, 0.3) is 22.1 Å². The maximum atomic E-state index is 11.3. The first kappa shape index (κ1) is 15.0. The summed E-state index contributed by atoms with van der Waals surface area (Å²) in [5.41, 5.74) is 3.56. The molecule has 1 unspecified atom stereocenters. The zero-order chi connectivity index (χ0) is 16.6. The Morgan fingerprint density at radius 3 is 2.96 bits per heavy atom. The van der Waals surface area contributed by atoms with E-state index in [1.54, 1.807) is 19.1 Å². The Kier molecular flexibility index (Phi) is 3.75. The van der Waals surface area contributed by atoms with Crippen LogP contribution in [0, 0.1) is 6.92 Å². The van der Waals surface area contributed by atoms with Crippen LogP contribution in [0.3, 0.4) is 0 Å². The van der Waals surface area contributed by atoms with Crippen LogP contribution in [0.15, 0.2) is 22.7 Å². The number of H-pyrrole nitrogens is 1. The normalized spacial score (nSPS) is 12.3. The lowest BCUT2D eigenvalue weighted by molar-refractivity contribution is 0.186. The topological polar surface area (TPSA) is 113 Å². The van der Waals surface area contributed by atoms with Gasteiger partial charge in [-0.15, -0.1) is 0 Å². The van der Waals surface area contributed by atoms with Crippen molar-refractivity contribution in [3.05, 3.63) is 29.6 Å². The van der Waals surface area contributed by atoms with E-state index >= 15 is 0 Å². The number of aryl methyl sites for hydroxylation is 1. The van der Waals surface area contributed by atoms with Gasteiger partial charge in [0.1, 0.15) is 0 Å². The molecule has 1 atom stereocenters. The summed E-state index contributed by atoms with van der Waals surface area (Å²) in [6.45, 7) is 3.54. The lowest BCUT2D eigenvalue weighted by Gasteiger charge is -2.06. The van der Waals surface area contributed by atoms with Crippen LogP contribution < -0.4 is 5.32 Å². The second-order valence-electron chi connectivity index (χ2n) is 5.14. The molecule has 8 heteroatoms. The highest BCUT2D eigenvalue weighted by Gasteiger charge is 2.18. The zero-order valence-corrected chi connectivity index (χ0v) is 12.9. The van der Waals surface area contributed by atoms with Gasteiger partial charge in [-0.3, -0.25) is 10.4 Å². The van der Waals surface area contributed by atoms with Gasteiger partial charge in [-0.25, -0.2) is 4.79 Å². The van der Waals surface area contributed by atoms with Gasteiger partial charge in [-0.05, 0) is 31.5 Å². The minimum absolute atomic E-state index is 0.290. The van der Waals surface area contributed by atoms with E-state index in [9.17, 15) is 9.90 Å². The predicted octanol–water partition coefficient (Wildman–Crippen LogP) is 2.76. The molecule has 0 bridgehead atoms. The number of aliphatic hydroxyl groups is 1. The van der Waals surface area contributed by atoms with Gasteiger partial charge in [-0.1, -0.05) is 11.2 Å². The summed E-state index contributed by atoms with van der Waals surface area (Å²) in [5.74, 6) is 0.290. The molecule has 0 fully saturated rings. The van der Waals surface area contributed by atoms with Crippen molar-refractivity contribution in [2.75, 3.05) is 12.4 Å². The highest BCUT2D eigenvalue weighted by Crippen LogP contribution is 2.33. The van der Waals surface area contributed by atoms with Crippen LogP contribution in [0.4, 0.5) is 10.6 Å². The number of aromatic nitrogens is 3. The molecule has 0 spiro atoms. The quantitative estimate of drug-likeness (QED) is 0.684. The fourth-order valence-electron chi connectivity index (χ4n) is 2.45. The Balaban J connectivity index is 2.05. The average Bonchev–Trinajstić information content (AvgIpc) is 3.10. The molecule has 2 heterocycles. The van der Waals surface area contributed by atoms with Crippen LogP contribution in [0.5, 0.6) is 0 Å². The van der Waals surface area contributed by atoms with Crippen molar-refractivity contribution >= 4 is 22.9 Å². The van der Waals surface area contributed by atoms with E-state index in [-0.39, 0.29) is 5.82 Å². The Morgan fingerprint density at radius 1 is 1.48 bits per heavy atom. The number of aromatic amines is 1. The Hall–Kier alpha value is -2.87. The smallest absolute Gasteiger partial charge is 0.412 e. The summed E-state index contributed by atoms with van der Waals surface area (Å²) in [5, 5.41) is 23.8. The van der Waals surface area contributed by atoms with Gasteiger partial charge in [0, 0.05) is 11.3 Å². The standard InChI is InChI=1S/C15H16N4O4/c1-7-12(13(8(2)20)18-17-7)9-4-5-10-11(6-9)23-19-14(10)16-15(21)22-3/h4-6,8,20H,1-3H3,(H,17,18)(H,16,19,21). The third-order valence-corrected chi connectivity index (χ3v) is 3.54. The summed E-state index contributed by atoms with van der Waals surface area (Å²) in [4.78, 5) is 11.3. The van der Waals surface area contributed by atoms with Gasteiger partial charge in [0.15, 0.2) is 11.4 Å². The molecule has 0 aliphatic rings. The van der Waals surface area contributed by atoms with Crippen molar-refractivity contribution in [2.24, 2.45) is 0 Å². The third-order valence-electron chi connectivity index (χ3n) is 3.54. The number of amides is 1. The molecule has 120 valence electrons. The Labute approximate surface area is 131 Å². The van der Waals surface area contributed by atoms with E-state index in [0.29, 0.717) is 16.7 Å². The van der Waals surface area contributed by atoms with Crippen molar-refractivity contribution in [3.8, 4) is 11.1 Å². The summed E-state index contributed by atoms with van der Waals surface area (Å²) >= 11 is 0. The number of nitrogens with zero attached hydrogens (tertiary/aromatic N) is 2. The summed E-state index contributed by atoms with van der Waals surface area (Å²) in [7, 11) is 1.27. The average molecular weight is 316 g/mol. The van der Waals surface area contributed by atoms with E-state index in [0.717, 1.165) is 16.8 Å². The second kappa shape index (κ2) is 5.73. The summed E-state index contributed by atoms with van der Waals surface area (Å²) < 4.78 is 9.80. The van der Waals surface area contributed by atoms with Crippen molar-refractivity contribution in [1.82, 2.24) is 15.4 Å². The molecule has 3 N–H and O–H groups in total. The first-order valence-corrected chi connectivity index (χ1v) is 6.99. The minimum atomic E-state index is -0.697. The van der Waals surface area contributed by atoms with Crippen molar-refractivity contribution < 1.29 is 19.2 Å². The van der Waals surface area contributed by atoms with Crippen LogP contribution in [-0.2, 0) is 4.74 Å². The molecule has 0 saturated carbocycles. The molecule has 0 aliphatic heterocycles. The van der Waals surface area contributed by atoms with Gasteiger partial charge in [0.25, 0.3) is 0 Å². The Morgan fingerprint density at radius 2 is 2.26 bits per heavy atom. The number of fused-ring (bicyclic) bond motifs is 1. The molecule has 0 saturated heterocycles. The first-order valence-electron chi connectivity index (χ1n) is 6.99. The summed E-state index contributed by atoms with van der Waals surface area (Å²) in [6.07, 6.45) is -1.32. The monoisotopic (exact) mass is 316 g/mol. The summed E-state index contributed by atoms with van der Waals surface area (Å²) in [6, 6.07) is 5.42. The lowest BCUT2D eigenvalue weighted by atomic mass is 10.0. The van der Waals surface area contributed by atoms with E-state index in [1.807, 2.05) is 13.0 Å². The SMILES string of the molecule is COC(=O)Nc1noc2cc(-c3c(C(C)O)n[nH]c3C)ccc12. The van der Waals surface area contributed by atoms with E-state index in [1.165, 1.54) is 7.11 Å². The molecule has 3 rings (SSSR count). The fraction of sp³-hybridized carbons (Fsp3) is 0.267. The number of carbonyl (C=O) groups is 1. The number of methoxy groups -OCH3 is 1. The number of aliphatic hydroxyl groups excluding tert-OH is 1. The number of nitrogens with one attached hydrogen (secondary N) is 2. The van der Waals surface area contributed by atoms with E-state index in [2.05, 4.69) is 25.4 Å². The van der Waals surface area contributed by atoms with E-state index < -0.39 is 12.2 Å². The third kappa shape index (κ3) is 2.64. The number of hydrogen-bond donors (Lipinski definition) is 3. The first-order chi connectivity index (χ1) is 11.0. The van der Waals surface area contributed by atoms with Gasteiger partial charge in [0.05, 0.1) is 24.3 Å². The molecule has 23 heavy (non-hydrogen) atoms. The second-order valence-corrected chi connectivity index (χ2v) is 5.14. The minimum Gasteiger partial charge on any atom is -0.453 e. The highest BCUT2D eigenvalue weighted by molar-refractivity contribution is 5.97. The molecule has 3 aromatic rings. The maximum absolute atomic E-state index is 11.3. The number of hydrogen-bond acceptors (Lipinski definition) is 6. The van der Waals surface area contributed by atoms with Gasteiger partial charge < -0.3 is 14.4 Å². The molecule has 1 aromatic carbocycles. The van der Waals surface area contributed by atoms with Crippen LogP contribution in [-0.4, -0.2) is 33.7 Å². The molecule has 2 aromatic heterocycles.